The van der Waals surface area contributed by atoms with Crippen LogP contribution in [0.4, 0.5) is 0 Å². The van der Waals surface area contributed by atoms with Crippen molar-refractivity contribution >= 4 is 21.4 Å². The van der Waals surface area contributed by atoms with Crippen LogP contribution in [-0.4, -0.2) is 30.9 Å². The smallest absolute Gasteiger partial charge is 0.212 e. The third-order valence-electron chi connectivity index (χ3n) is 2.66. The molecule has 0 fully saturated rings. The van der Waals surface area contributed by atoms with Crippen LogP contribution >= 0.6 is 11.3 Å². The van der Waals surface area contributed by atoms with Crippen molar-refractivity contribution in [1.82, 2.24) is 9.71 Å². The van der Waals surface area contributed by atoms with E-state index in [9.17, 15) is 13.5 Å². The number of rotatable bonds is 8. The highest BCUT2D eigenvalue weighted by Gasteiger charge is 2.21. The lowest BCUT2D eigenvalue weighted by Crippen LogP contribution is -2.32. The van der Waals surface area contributed by atoms with Gasteiger partial charge in [0.15, 0.2) is 0 Å². The maximum Gasteiger partial charge on any atom is 0.212 e. The summed E-state index contributed by atoms with van der Waals surface area (Å²) in [4.78, 5) is 4.38. The number of unbranched alkanes of at least 4 members (excludes halogenated alkanes) is 1. The molecule has 0 aliphatic carbocycles. The van der Waals surface area contributed by atoms with Gasteiger partial charge in [-0.2, -0.15) is 0 Å². The van der Waals surface area contributed by atoms with Gasteiger partial charge in [-0.3, -0.25) is 0 Å². The molecule has 0 aromatic carbocycles. The molecule has 0 saturated heterocycles. The lowest BCUT2D eigenvalue weighted by atomic mass is 10.2. The molecule has 1 unspecified atom stereocenters. The van der Waals surface area contributed by atoms with E-state index < -0.39 is 16.1 Å². The Labute approximate surface area is 119 Å². The Balaban J connectivity index is 2.77. The minimum atomic E-state index is -3.36. The quantitative estimate of drug-likeness (QED) is 0.770. The summed E-state index contributed by atoms with van der Waals surface area (Å²) in [5.41, 5.74) is 0.594. The Morgan fingerprint density at radius 1 is 1.47 bits per heavy atom. The first kappa shape index (κ1) is 16.6. The van der Waals surface area contributed by atoms with Crippen molar-refractivity contribution in [1.29, 1.82) is 0 Å². The van der Waals surface area contributed by atoms with Gasteiger partial charge in [0.1, 0.15) is 0 Å². The number of aliphatic hydroxyl groups excluding tert-OH is 1. The Hall–Kier alpha value is -0.500. The van der Waals surface area contributed by atoms with Gasteiger partial charge in [-0.05, 0) is 6.42 Å². The van der Waals surface area contributed by atoms with Crippen molar-refractivity contribution in [3.63, 3.8) is 0 Å². The lowest BCUT2D eigenvalue weighted by molar-refractivity contribution is 0.256. The standard InChI is InChI=1S/C12H22N2O3S2/c1-4-5-6-19(16,17)14-10(7-15)11-8-18-12(13-11)9(2)3/h8-10,14-15H,4-7H2,1-3H3. The predicted molar refractivity (Wildman–Crippen MR) is 77.9 cm³/mol. The maximum atomic E-state index is 11.8. The van der Waals surface area contributed by atoms with Crippen LogP contribution < -0.4 is 4.72 Å². The highest BCUT2D eigenvalue weighted by Crippen LogP contribution is 2.23. The zero-order chi connectivity index (χ0) is 14.5. The third kappa shape index (κ3) is 5.18. The van der Waals surface area contributed by atoms with Crippen molar-refractivity contribution in [2.45, 2.75) is 45.6 Å². The van der Waals surface area contributed by atoms with Crippen LogP contribution in [0.1, 0.15) is 56.3 Å². The summed E-state index contributed by atoms with van der Waals surface area (Å²) in [6.45, 7) is 5.71. The van der Waals surface area contributed by atoms with E-state index in [1.165, 1.54) is 11.3 Å². The van der Waals surface area contributed by atoms with Crippen LogP contribution in [0.15, 0.2) is 5.38 Å². The van der Waals surface area contributed by atoms with Crippen molar-refractivity contribution < 1.29 is 13.5 Å². The predicted octanol–water partition coefficient (Wildman–Crippen LogP) is 2.02. The molecule has 0 saturated carbocycles. The van der Waals surface area contributed by atoms with Gasteiger partial charge < -0.3 is 5.11 Å². The van der Waals surface area contributed by atoms with Crippen LogP contribution in [0.5, 0.6) is 0 Å². The van der Waals surface area contributed by atoms with Gasteiger partial charge in [-0.1, -0.05) is 27.2 Å². The minimum Gasteiger partial charge on any atom is -0.394 e. The minimum absolute atomic E-state index is 0.0845. The molecule has 0 radical (unpaired) electrons. The molecule has 0 amide bonds. The van der Waals surface area contributed by atoms with Gasteiger partial charge in [0, 0.05) is 11.3 Å². The van der Waals surface area contributed by atoms with E-state index in [-0.39, 0.29) is 12.4 Å². The Morgan fingerprint density at radius 2 is 2.16 bits per heavy atom. The van der Waals surface area contributed by atoms with Crippen molar-refractivity contribution in [2.75, 3.05) is 12.4 Å². The zero-order valence-electron chi connectivity index (χ0n) is 11.6. The zero-order valence-corrected chi connectivity index (χ0v) is 13.2. The molecular weight excluding hydrogens is 284 g/mol. The number of aliphatic hydroxyl groups is 1. The number of thiazole rings is 1. The highest BCUT2D eigenvalue weighted by atomic mass is 32.2. The van der Waals surface area contributed by atoms with Crippen LogP contribution in [-0.2, 0) is 10.0 Å². The van der Waals surface area contributed by atoms with E-state index in [1.54, 1.807) is 5.38 Å². The second-order valence-corrected chi connectivity index (χ2v) is 7.55. The second kappa shape index (κ2) is 7.33. The van der Waals surface area contributed by atoms with E-state index >= 15 is 0 Å². The van der Waals surface area contributed by atoms with E-state index in [4.69, 9.17) is 0 Å². The maximum absolute atomic E-state index is 11.8. The number of nitrogens with one attached hydrogen (secondary N) is 1. The summed E-state index contributed by atoms with van der Waals surface area (Å²) in [6, 6.07) is -0.648. The molecule has 1 rings (SSSR count). The summed E-state index contributed by atoms with van der Waals surface area (Å²) >= 11 is 1.49. The van der Waals surface area contributed by atoms with Gasteiger partial charge in [0.05, 0.1) is 29.1 Å². The molecule has 1 heterocycles. The lowest BCUT2D eigenvalue weighted by Gasteiger charge is -2.14. The Kier molecular flexibility index (Phi) is 6.38. The summed E-state index contributed by atoms with van der Waals surface area (Å²) in [6.07, 6.45) is 1.43. The van der Waals surface area contributed by atoms with E-state index in [0.717, 1.165) is 11.4 Å². The molecule has 0 bridgehead atoms. The van der Waals surface area contributed by atoms with Gasteiger partial charge in [0.2, 0.25) is 10.0 Å². The van der Waals surface area contributed by atoms with Crippen LogP contribution in [0.25, 0.3) is 0 Å². The number of hydrogen-bond donors (Lipinski definition) is 2. The molecule has 0 spiro atoms. The van der Waals surface area contributed by atoms with E-state index in [2.05, 4.69) is 9.71 Å². The fraction of sp³-hybridized carbons (Fsp3) is 0.750. The molecule has 2 N–H and O–H groups in total. The second-order valence-electron chi connectivity index (χ2n) is 4.79. The van der Waals surface area contributed by atoms with Crippen LogP contribution in [0, 0.1) is 0 Å². The highest BCUT2D eigenvalue weighted by molar-refractivity contribution is 7.89. The molecule has 1 aromatic heterocycles. The van der Waals surface area contributed by atoms with Gasteiger partial charge >= 0.3 is 0 Å². The molecule has 19 heavy (non-hydrogen) atoms. The first-order valence-corrected chi connectivity index (χ1v) is 8.99. The van der Waals surface area contributed by atoms with Crippen molar-refractivity contribution in [3.8, 4) is 0 Å². The molecule has 5 nitrogen and oxygen atoms in total. The van der Waals surface area contributed by atoms with Crippen LogP contribution in [0.3, 0.4) is 0 Å². The van der Waals surface area contributed by atoms with Crippen molar-refractivity contribution in [2.24, 2.45) is 0 Å². The van der Waals surface area contributed by atoms with Gasteiger partial charge in [-0.25, -0.2) is 18.1 Å². The van der Waals surface area contributed by atoms with Crippen molar-refractivity contribution in [3.05, 3.63) is 16.1 Å². The summed E-state index contributed by atoms with van der Waals surface area (Å²) < 4.78 is 26.2. The Bertz CT molecular complexity index is 483. The topological polar surface area (TPSA) is 79.3 Å². The molecular formula is C12H22N2O3S2. The fourth-order valence-electron chi connectivity index (χ4n) is 1.53. The SMILES string of the molecule is CCCCS(=O)(=O)NC(CO)c1csc(C(C)C)n1. The molecule has 0 aliphatic rings. The number of aromatic nitrogens is 1. The first-order chi connectivity index (χ1) is 8.89. The summed E-state index contributed by atoms with van der Waals surface area (Å²) in [5, 5.41) is 12.1. The molecule has 110 valence electrons. The van der Waals surface area contributed by atoms with E-state index in [1.807, 2.05) is 20.8 Å². The third-order valence-corrected chi connectivity index (χ3v) is 5.29. The van der Waals surface area contributed by atoms with Gasteiger partial charge in [-0.15, -0.1) is 11.3 Å². The Morgan fingerprint density at radius 3 is 2.63 bits per heavy atom. The molecule has 7 heteroatoms. The molecule has 1 atom stereocenters. The summed E-state index contributed by atoms with van der Waals surface area (Å²) in [7, 11) is -3.36. The van der Waals surface area contributed by atoms with Crippen LogP contribution in [0.2, 0.25) is 0 Å². The largest absolute Gasteiger partial charge is 0.394 e. The van der Waals surface area contributed by atoms with Gasteiger partial charge in [0.25, 0.3) is 0 Å². The average molecular weight is 306 g/mol. The fourth-order valence-corrected chi connectivity index (χ4v) is 3.83. The number of hydrogen-bond acceptors (Lipinski definition) is 5. The van der Waals surface area contributed by atoms with E-state index in [0.29, 0.717) is 18.0 Å². The normalized spacial score (nSPS) is 13.9. The molecule has 0 aliphatic heterocycles. The summed E-state index contributed by atoms with van der Waals surface area (Å²) in [5.74, 6) is 0.385. The molecule has 1 aromatic rings. The number of nitrogens with zero attached hydrogens (tertiary/aromatic N) is 1. The average Bonchev–Trinajstić information content (AvgIpc) is 2.83. The number of sulfonamides is 1. The first-order valence-electron chi connectivity index (χ1n) is 6.45. The monoisotopic (exact) mass is 306 g/mol.